The summed E-state index contributed by atoms with van der Waals surface area (Å²) in [6, 6.07) is 9.81. The van der Waals surface area contributed by atoms with Crippen molar-refractivity contribution in [1.29, 1.82) is 0 Å². The SMILES string of the molecule is CCN(C(C)C)C1Cc2ccccc2C1N. The molecule has 0 spiro atoms. The Morgan fingerprint density at radius 1 is 1.38 bits per heavy atom. The van der Waals surface area contributed by atoms with Gasteiger partial charge in [-0.15, -0.1) is 0 Å². The summed E-state index contributed by atoms with van der Waals surface area (Å²) in [7, 11) is 0. The first kappa shape index (κ1) is 11.6. The fraction of sp³-hybridized carbons (Fsp3) is 0.571. The topological polar surface area (TPSA) is 29.3 Å². The van der Waals surface area contributed by atoms with Crippen molar-refractivity contribution in [3.8, 4) is 0 Å². The normalized spacial score (nSPS) is 24.1. The number of benzene rings is 1. The minimum Gasteiger partial charge on any atom is -0.323 e. The third-order valence-corrected chi connectivity index (χ3v) is 3.71. The van der Waals surface area contributed by atoms with Gasteiger partial charge in [0.25, 0.3) is 0 Å². The van der Waals surface area contributed by atoms with Crippen LogP contribution < -0.4 is 5.73 Å². The second-order valence-electron chi connectivity index (χ2n) is 4.92. The number of nitrogens with two attached hydrogens (primary N) is 1. The number of rotatable bonds is 3. The predicted molar refractivity (Wildman–Crippen MR) is 68.4 cm³/mol. The highest BCUT2D eigenvalue weighted by atomic mass is 15.2. The Hall–Kier alpha value is -0.860. The van der Waals surface area contributed by atoms with Crippen LogP contribution in [0.4, 0.5) is 0 Å². The Morgan fingerprint density at radius 3 is 2.62 bits per heavy atom. The summed E-state index contributed by atoms with van der Waals surface area (Å²) < 4.78 is 0. The average molecular weight is 218 g/mol. The summed E-state index contributed by atoms with van der Waals surface area (Å²) in [5.74, 6) is 0. The second-order valence-corrected chi connectivity index (χ2v) is 4.92. The predicted octanol–water partition coefficient (Wildman–Crippen LogP) is 2.34. The molecule has 0 saturated carbocycles. The average Bonchev–Trinajstić information content (AvgIpc) is 2.58. The Labute approximate surface area is 98.4 Å². The highest BCUT2D eigenvalue weighted by Gasteiger charge is 2.33. The minimum absolute atomic E-state index is 0.179. The molecule has 0 heterocycles. The van der Waals surface area contributed by atoms with Gasteiger partial charge in [-0.1, -0.05) is 31.2 Å². The molecule has 2 heteroatoms. The van der Waals surface area contributed by atoms with E-state index < -0.39 is 0 Å². The third-order valence-electron chi connectivity index (χ3n) is 3.71. The number of hydrogen-bond donors (Lipinski definition) is 1. The molecule has 0 fully saturated rings. The van der Waals surface area contributed by atoms with E-state index >= 15 is 0 Å². The lowest BCUT2D eigenvalue weighted by Gasteiger charge is -2.34. The van der Waals surface area contributed by atoms with E-state index in [1.807, 2.05) is 0 Å². The summed E-state index contributed by atoms with van der Waals surface area (Å²) in [6.45, 7) is 7.79. The molecule has 0 bridgehead atoms. The smallest absolute Gasteiger partial charge is 0.0459 e. The van der Waals surface area contributed by atoms with Gasteiger partial charge in [0.05, 0.1) is 0 Å². The summed E-state index contributed by atoms with van der Waals surface area (Å²) in [5, 5.41) is 0. The van der Waals surface area contributed by atoms with Gasteiger partial charge in [-0.3, -0.25) is 4.90 Å². The van der Waals surface area contributed by atoms with Crippen molar-refractivity contribution in [1.82, 2.24) is 4.90 Å². The van der Waals surface area contributed by atoms with Crippen LogP contribution in [0, 0.1) is 0 Å². The van der Waals surface area contributed by atoms with E-state index in [0.717, 1.165) is 13.0 Å². The molecule has 0 amide bonds. The molecular weight excluding hydrogens is 196 g/mol. The number of hydrogen-bond acceptors (Lipinski definition) is 2. The van der Waals surface area contributed by atoms with Crippen molar-refractivity contribution >= 4 is 0 Å². The summed E-state index contributed by atoms with van der Waals surface area (Å²) in [4.78, 5) is 2.50. The molecule has 2 unspecified atom stereocenters. The maximum atomic E-state index is 6.36. The molecule has 1 aliphatic rings. The lowest BCUT2D eigenvalue weighted by Crippen LogP contribution is -2.44. The molecular formula is C14H22N2. The minimum atomic E-state index is 0.179. The zero-order valence-corrected chi connectivity index (χ0v) is 10.5. The van der Waals surface area contributed by atoms with Gasteiger partial charge in [0.15, 0.2) is 0 Å². The molecule has 1 aromatic carbocycles. The molecule has 1 aromatic rings. The quantitative estimate of drug-likeness (QED) is 0.843. The fourth-order valence-corrected chi connectivity index (χ4v) is 2.91. The van der Waals surface area contributed by atoms with E-state index in [1.54, 1.807) is 0 Å². The van der Waals surface area contributed by atoms with Crippen LogP contribution >= 0.6 is 0 Å². The van der Waals surface area contributed by atoms with Crippen LogP contribution in [0.2, 0.25) is 0 Å². The highest BCUT2D eigenvalue weighted by molar-refractivity contribution is 5.36. The Balaban J connectivity index is 2.23. The zero-order valence-electron chi connectivity index (χ0n) is 10.5. The third kappa shape index (κ3) is 1.87. The van der Waals surface area contributed by atoms with Gasteiger partial charge in [0, 0.05) is 18.1 Å². The van der Waals surface area contributed by atoms with Crippen LogP contribution in [0.25, 0.3) is 0 Å². The molecule has 0 saturated heterocycles. The van der Waals surface area contributed by atoms with Crippen molar-refractivity contribution in [3.63, 3.8) is 0 Å². The van der Waals surface area contributed by atoms with E-state index in [2.05, 4.69) is 49.9 Å². The van der Waals surface area contributed by atoms with E-state index in [0.29, 0.717) is 12.1 Å². The second kappa shape index (κ2) is 4.56. The summed E-state index contributed by atoms with van der Waals surface area (Å²) >= 11 is 0. The largest absolute Gasteiger partial charge is 0.323 e. The molecule has 0 aromatic heterocycles. The lowest BCUT2D eigenvalue weighted by atomic mass is 10.1. The Bertz CT molecular complexity index is 360. The van der Waals surface area contributed by atoms with E-state index in [-0.39, 0.29) is 6.04 Å². The standard InChI is InChI=1S/C14H22N2/c1-4-16(10(2)3)13-9-11-7-5-6-8-12(11)14(13)15/h5-8,10,13-14H,4,9,15H2,1-3H3. The van der Waals surface area contributed by atoms with Crippen LogP contribution in [0.15, 0.2) is 24.3 Å². The molecule has 1 aliphatic carbocycles. The van der Waals surface area contributed by atoms with Crippen LogP contribution in [-0.4, -0.2) is 23.5 Å². The zero-order chi connectivity index (χ0) is 11.7. The Kier molecular flexibility index (Phi) is 3.31. The van der Waals surface area contributed by atoms with Crippen molar-refractivity contribution < 1.29 is 0 Å². The molecule has 16 heavy (non-hydrogen) atoms. The first-order chi connectivity index (χ1) is 7.65. The van der Waals surface area contributed by atoms with Crippen LogP contribution in [0.1, 0.15) is 37.9 Å². The number of fused-ring (bicyclic) bond motifs is 1. The molecule has 2 nitrogen and oxygen atoms in total. The summed E-state index contributed by atoms with van der Waals surface area (Å²) in [6.07, 6.45) is 1.10. The van der Waals surface area contributed by atoms with E-state index in [4.69, 9.17) is 5.73 Å². The van der Waals surface area contributed by atoms with Crippen LogP contribution in [-0.2, 0) is 6.42 Å². The van der Waals surface area contributed by atoms with Crippen LogP contribution in [0.3, 0.4) is 0 Å². The van der Waals surface area contributed by atoms with E-state index in [9.17, 15) is 0 Å². The van der Waals surface area contributed by atoms with Gasteiger partial charge in [0.1, 0.15) is 0 Å². The maximum Gasteiger partial charge on any atom is 0.0459 e. The highest BCUT2D eigenvalue weighted by Crippen LogP contribution is 2.33. The Morgan fingerprint density at radius 2 is 2.06 bits per heavy atom. The van der Waals surface area contributed by atoms with Crippen molar-refractivity contribution in [3.05, 3.63) is 35.4 Å². The van der Waals surface area contributed by atoms with Gasteiger partial charge in [-0.05, 0) is 37.9 Å². The first-order valence-electron chi connectivity index (χ1n) is 6.24. The number of likely N-dealkylation sites (N-methyl/N-ethyl adjacent to an activating group) is 1. The van der Waals surface area contributed by atoms with Gasteiger partial charge in [-0.2, -0.15) is 0 Å². The molecule has 2 N–H and O–H groups in total. The van der Waals surface area contributed by atoms with Gasteiger partial charge >= 0.3 is 0 Å². The van der Waals surface area contributed by atoms with E-state index in [1.165, 1.54) is 11.1 Å². The monoisotopic (exact) mass is 218 g/mol. The van der Waals surface area contributed by atoms with Crippen molar-refractivity contribution in [2.75, 3.05) is 6.54 Å². The molecule has 0 aliphatic heterocycles. The van der Waals surface area contributed by atoms with Crippen LogP contribution in [0.5, 0.6) is 0 Å². The molecule has 0 radical (unpaired) electrons. The molecule has 2 atom stereocenters. The maximum absolute atomic E-state index is 6.36. The van der Waals surface area contributed by atoms with Crippen molar-refractivity contribution in [2.45, 2.75) is 45.3 Å². The van der Waals surface area contributed by atoms with Gasteiger partial charge in [0.2, 0.25) is 0 Å². The lowest BCUT2D eigenvalue weighted by molar-refractivity contribution is 0.148. The molecule has 2 rings (SSSR count). The molecule has 88 valence electrons. The summed E-state index contributed by atoms with van der Waals surface area (Å²) in [5.41, 5.74) is 9.13. The fourth-order valence-electron chi connectivity index (χ4n) is 2.91. The first-order valence-corrected chi connectivity index (χ1v) is 6.24. The van der Waals surface area contributed by atoms with Gasteiger partial charge in [-0.25, -0.2) is 0 Å². The number of nitrogens with zero attached hydrogens (tertiary/aromatic N) is 1. The van der Waals surface area contributed by atoms with Gasteiger partial charge < -0.3 is 5.73 Å². The van der Waals surface area contributed by atoms with Crippen molar-refractivity contribution in [2.24, 2.45) is 5.73 Å².